The molecule has 0 fully saturated rings. The van der Waals surface area contributed by atoms with Gasteiger partial charge in [0.05, 0.1) is 0 Å². The molecule has 0 saturated heterocycles. The molecule has 0 aliphatic heterocycles. The van der Waals surface area contributed by atoms with Crippen LogP contribution in [-0.4, -0.2) is 40.6 Å². The summed E-state index contributed by atoms with van der Waals surface area (Å²) in [5.74, 6) is -0.408. The summed E-state index contributed by atoms with van der Waals surface area (Å²) in [5.41, 5.74) is 0.245. The maximum atomic E-state index is 10.3. The molecule has 0 saturated carbocycles. The molecule has 2 nitrogen and oxygen atoms in total. The number of hydrogen-bond donors (Lipinski definition) is 1. The molecular formula is C9H18NaO2. The van der Waals surface area contributed by atoms with Crippen LogP contribution in [0.25, 0.3) is 0 Å². The van der Waals surface area contributed by atoms with Crippen LogP contribution in [0.1, 0.15) is 40.5 Å². The van der Waals surface area contributed by atoms with Gasteiger partial charge in [0.15, 0.2) is 0 Å². The topological polar surface area (TPSA) is 37.3 Å². The van der Waals surface area contributed by atoms with Crippen LogP contribution in [-0.2, 0) is 4.79 Å². The van der Waals surface area contributed by atoms with Gasteiger partial charge in [0.2, 0.25) is 0 Å². The smallest absolute Gasteiger partial charge is 0.303 e. The van der Waals surface area contributed by atoms with E-state index < -0.39 is 5.97 Å². The number of carboxylic acid groups (broad SMARTS) is 1. The Morgan fingerprint density at radius 2 is 1.83 bits per heavy atom. The zero-order valence-electron chi connectivity index (χ0n) is 8.85. The zero-order valence-corrected chi connectivity index (χ0v) is 10.8. The molecule has 67 valence electrons. The van der Waals surface area contributed by atoms with Crippen molar-refractivity contribution in [2.75, 3.05) is 0 Å². The molecule has 12 heavy (non-hydrogen) atoms. The van der Waals surface area contributed by atoms with Gasteiger partial charge in [0.25, 0.3) is 0 Å². The first-order chi connectivity index (χ1) is 4.81. The van der Waals surface area contributed by atoms with Crippen LogP contribution in [0.15, 0.2) is 0 Å². The summed E-state index contributed by atoms with van der Waals surface area (Å²) in [6, 6.07) is 0. The van der Waals surface area contributed by atoms with Crippen LogP contribution < -0.4 is 0 Å². The second kappa shape index (κ2) is 6.01. The molecule has 0 aliphatic rings. The third-order valence-corrected chi connectivity index (χ3v) is 1.48. The van der Waals surface area contributed by atoms with Gasteiger partial charge in [-0.05, 0) is 17.8 Å². The maximum absolute atomic E-state index is 10.3. The van der Waals surface area contributed by atoms with Gasteiger partial charge in [-0.25, -0.2) is 0 Å². The minimum Gasteiger partial charge on any atom is -0.481 e. The average molecular weight is 181 g/mol. The molecule has 0 aliphatic carbocycles. The van der Waals surface area contributed by atoms with Crippen molar-refractivity contribution in [1.82, 2.24) is 0 Å². The predicted octanol–water partition coefficient (Wildman–Crippen LogP) is 2.15. The first-order valence-corrected chi connectivity index (χ1v) is 4.03. The fraction of sp³-hybridized carbons (Fsp3) is 0.889. The van der Waals surface area contributed by atoms with Gasteiger partial charge in [-0.15, -0.1) is 0 Å². The second-order valence-electron chi connectivity index (χ2n) is 4.47. The minimum atomic E-state index is -0.693. The van der Waals surface area contributed by atoms with Gasteiger partial charge in [-0.1, -0.05) is 27.7 Å². The molecule has 1 atom stereocenters. The molecule has 1 N–H and O–H groups in total. The van der Waals surface area contributed by atoms with Crippen molar-refractivity contribution in [2.45, 2.75) is 40.5 Å². The summed E-state index contributed by atoms with van der Waals surface area (Å²) in [6.45, 7) is 8.38. The van der Waals surface area contributed by atoms with Crippen molar-refractivity contribution in [3.8, 4) is 0 Å². The van der Waals surface area contributed by atoms with E-state index in [4.69, 9.17) is 5.11 Å². The van der Waals surface area contributed by atoms with E-state index in [1.165, 1.54) is 0 Å². The quantitative estimate of drug-likeness (QED) is 0.677. The minimum absolute atomic E-state index is 0. The van der Waals surface area contributed by atoms with Crippen LogP contribution in [0.3, 0.4) is 0 Å². The van der Waals surface area contributed by atoms with Crippen LogP contribution in [0, 0.1) is 11.3 Å². The van der Waals surface area contributed by atoms with E-state index in [0.29, 0.717) is 0 Å². The van der Waals surface area contributed by atoms with Crippen molar-refractivity contribution < 1.29 is 9.90 Å². The molecule has 0 heterocycles. The van der Waals surface area contributed by atoms with Crippen molar-refractivity contribution in [3.05, 3.63) is 0 Å². The Morgan fingerprint density at radius 1 is 1.42 bits per heavy atom. The Labute approximate surface area is 97.0 Å². The monoisotopic (exact) mass is 181 g/mol. The van der Waals surface area contributed by atoms with E-state index in [2.05, 4.69) is 20.8 Å². The summed E-state index contributed by atoms with van der Waals surface area (Å²) in [5, 5.41) is 8.48. The Kier molecular flexibility index (Phi) is 7.49. The Hall–Kier alpha value is 0.470. The normalized spacial score (nSPS) is 13.3. The average Bonchev–Trinajstić information content (AvgIpc) is 1.53. The van der Waals surface area contributed by atoms with Gasteiger partial charge < -0.3 is 5.11 Å². The Bertz CT molecular complexity index is 138. The van der Waals surface area contributed by atoms with Gasteiger partial charge >= 0.3 is 5.97 Å². The molecule has 1 radical (unpaired) electrons. The first kappa shape index (κ1) is 15.0. The number of rotatable bonds is 3. The molecule has 0 bridgehead atoms. The molecule has 0 aromatic heterocycles. The summed E-state index contributed by atoms with van der Waals surface area (Å²) in [4.78, 5) is 10.3. The molecule has 0 aromatic carbocycles. The van der Waals surface area contributed by atoms with Crippen LogP contribution in [0.5, 0.6) is 0 Å². The maximum Gasteiger partial charge on any atom is 0.303 e. The van der Waals surface area contributed by atoms with Crippen molar-refractivity contribution in [3.63, 3.8) is 0 Å². The van der Waals surface area contributed by atoms with Crippen molar-refractivity contribution in [2.24, 2.45) is 11.3 Å². The van der Waals surface area contributed by atoms with Crippen molar-refractivity contribution >= 4 is 35.5 Å². The van der Waals surface area contributed by atoms with E-state index in [9.17, 15) is 4.79 Å². The van der Waals surface area contributed by atoms with Crippen LogP contribution in [0.2, 0.25) is 0 Å². The predicted molar refractivity (Wildman–Crippen MR) is 51.2 cm³/mol. The van der Waals surface area contributed by atoms with E-state index in [-0.39, 0.29) is 47.3 Å². The zero-order chi connectivity index (χ0) is 9.07. The molecule has 0 rings (SSSR count). The largest absolute Gasteiger partial charge is 0.481 e. The second-order valence-corrected chi connectivity index (χ2v) is 4.47. The fourth-order valence-corrected chi connectivity index (χ4v) is 1.42. The molecular weight excluding hydrogens is 163 g/mol. The fourth-order valence-electron chi connectivity index (χ4n) is 1.42. The molecule has 1 unspecified atom stereocenters. The van der Waals surface area contributed by atoms with Crippen molar-refractivity contribution in [1.29, 1.82) is 0 Å². The van der Waals surface area contributed by atoms with E-state index in [1.807, 2.05) is 6.92 Å². The van der Waals surface area contributed by atoms with Crippen LogP contribution >= 0.6 is 0 Å². The number of carboxylic acids is 1. The summed E-state index contributed by atoms with van der Waals surface area (Å²) in [7, 11) is 0. The standard InChI is InChI=1S/C9H18O2.Na/c1-7(5-8(10)11)6-9(2,3)4;/h7H,5-6H2,1-4H3,(H,10,11);. The molecule has 0 aromatic rings. The van der Waals surface area contributed by atoms with Gasteiger partial charge in [-0.2, -0.15) is 0 Å². The van der Waals surface area contributed by atoms with Crippen LogP contribution in [0.4, 0.5) is 0 Å². The van der Waals surface area contributed by atoms with E-state index >= 15 is 0 Å². The number of carbonyl (C=O) groups is 1. The van der Waals surface area contributed by atoms with E-state index in [0.717, 1.165) is 6.42 Å². The summed E-state index contributed by atoms with van der Waals surface area (Å²) < 4.78 is 0. The third-order valence-electron chi connectivity index (χ3n) is 1.48. The SMILES string of the molecule is CC(CC(=O)O)CC(C)(C)C.[Na]. The molecule has 0 spiro atoms. The number of aliphatic carboxylic acids is 1. The Balaban J connectivity index is 0. The van der Waals surface area contributed by atoms with Gasteiger partial charge in [0.1, 0.15) is 0 Å². The first-order valence-electron chi connectivity index (χ1n) is 4.03. The Morgan fingerprint density at radius 3 is 2.08 bits per heavy atom. The molecule has 0 amide bonds. The van der Waals surface area contributed by atoms with Gasteiger partial charge in [-0.3, -0.25) is 4.79 Å². The third kappa shape index (κ3) is 10.5. The molecule has 3 heteroatoms. The summed E-state index contributed by atoms with van der Waals surface area (Å²) >= 11 is 0. The van der Waals surface area contributed by atoms with E-state index in [1.54, 1.807) is 0 Å². The van der Waals surface area contributed by atoms with Gasteiger partial charge in [0, 0.05) is 36.0 Å². The summed E-state index contributed by atoms with van der Waals surface area (Å²) in [6.07, 6.45) is 1.26. The number of hydrogen-bond acceptors (Lipinski definition) is 1.